The van der Waals surface area contributed by atoms with Crippen LogP contribution < -0.4 is 4.72 Å². The molecule has 2 rings (SSSR count). The Balaban J connectivity index is 2.23. The summed E-state index contributed by atoms with van der Waals surface area (Å²) in [5.74, 6) is 0. The van der Waals surface area contributed by atoms with Gasteiger partial charge in [-0.3, -0.25) is 0 Å². The normalized spacial score (nSPS) is 13.4. The molecule has 1 atom stereocenters. The molecule has 0 amide bonds. The largest absolute Gasteiger partial charge is 0.394 e. The molecular formula is C13H16N2O3S. The SMILES string of the molecule is Cn1ccc(S(=O)(=O)NC(CO)c2ccccc2)c1. The number of rotatable bonds is 5. The van der Waals surface area contributed by atoms with Crippen LogP contribution in [0.3, 0.4) is 0 Å². The maximum absolute atomic E-state index is 12.2. The number of hydrogen-bond acceptors (Lipinski definition) is 3. The Bertz CT molecular complexity index is 635. The van der Waals surface area contributed by atoms with Gasteiger partial charge >= 0.3 is 0 Å². The van der Waals surface area contributed by atoms with Crippen molar-refractivity contribution in [3.05, 3.63) is 54.4 Å². The summed E-state index contributed by atoms with van der Waals surface area (Å²) >= 11 is 0. The van der Waals surface area contributed by atoms with E-state index in [1.54, 1.807) is 42.1 Å². The van der Waals surface area contributed by atoms with E-state index in [2.05, 4.69) is 4.72 Å². The molecule has 2 aromatic rings. The number of nitrogens with one attached hydrogen (secondary N) is 1. The van der Waals surface area contributed by atoms with E-state index >= 15 is 0 Å². The van der Waals surface area contributed by atoms with E-state index in [0.717, 1.165) is 5.56 Å². The van der Waals surface area contributed by atoms with Crippen molar-refractivity contribution in [1.82, 2.24) is 9.29 Å². The maximum Gasteiger partial charge on any atom is 0.242 e. The quantitative estimate of drug-likeness (QED) is 0.859. The highest BCUT2D eigenvalue weighted by molar-refractivity contribution is 7.89. The molecule has 102 valence electrons. The molecule has 19 heavy (non-hydrogen) atoms. The van der Waals surface area contributed by atoms with Gasteiger partial charge in [0.2, 0.25) is 10.0 Å². The van der Waals surface area contributed by atoms with Gasteiger partial charge in [0.1, 0.15) is 0 Å². The summed E-state index contributed by atoms with van der Waals surface area (Å²) in [5.41, 5.74) is 0.726. The minimum Gasteiger partial charge on any atom is -0.394 e. The number of hydrogen-bond donors (Lipinski definition) is 2. The Morgan fingerprint density at radius 3 is 2.47 bits per heavy atom. The molecule has 0 saturated carbocycles. The van der Waals surface area contributed by atoms with Crippen LogP contribution in [0.2, 0.25) is 0 Å². The van der Waals surface area contributed by atoms with Crippen LogP contribution in [-0.2, 0) is 17.1 Å². The molecule has 2 N–H and O–H groups in total. The van der Waals surface area contributed by atoms with E-state index in [4.69, 9.17) is 0 Å². The first kappa shape index (κ1) is 13.8. The zero-order valence-corrected chi connectivity index (χ0v) is 11.3. The minimum atomic E-state index is -3.63. The van der Waals surface area contributed by atoms with Crippen molar-refractivity contribution in [2.45, 2.75) is 10.9 Å². The van der Waals surface area contributed by atoms with Crippen molar-refractivity contribution in [3.63, 3.8) is 0 Å². The van der Waals surface area contributed by atoms with Crippen LogP contribution in [-0.4, -0.2) is 24.7 Å². The van der Waals surface area contributed by atoms with Crippen LogP contribution in [0, 0.1) is 0 Å². The predicted molar refractivity (Wildman–Crippen MR) is 72.0 cm³/mol. The molecule has 0 bridgehead atoms. The highest BCUT2D eigenvalue weighted by atomic mass is 32.2. The fraction of sp³-hybridized carbons (Fsp3) is 0.231. The standard InChI is InChI=1S/C13H16N2O3S/c1-15-8-7-12(9-15)19(17,18)14-13(10-16)11-5-3-2-4-6-11/h2-9,13-14,16H,10H2,1H3. The van der Waals surface area contributed by atoms with E-state index in [-0.39, 0.29) is 11.5 Å². The number of nitrogens with zero attached hydrogens (tertiary/aromatic N) is 1. The first-order chi connectivity index (χ1) is 9.03. The molecule has 0 radical (unpaired) electrons. The summed E-state index contributed by atoms with van der Waals surface area (Å²) < 4.78 is 28.5. The number of benzene rings is 1. The van der Waals surface area contributed by atoms with Crippen molar-refractivity contribution in [2.75, 3.05) is 6.61 Å². The first-order valence-electron chi connectivity index (χ1n) is 5.83. The number of aliphatic hydroxyl groups excluding tert-OH is 1. The predicted octanol–water partition coefficient (Wildman–Crippen LogP) is 1.04. The lowest BCUT2D eigenvalue weighted by Crippen LogP contribution is -2.30. The monoisotopic (exact) mass is 280 g/mol. The second kappa shape index (κ2) is 5.56. The van der Waals surface area contributed by atoms with Gasteiger partial charge in [0, 0.05) is 19.4 Å². The molecule has 5 nitrogen and oxygen atoms in total. The summed E-state index contributed by atoms with van der Waals surface area (Å²) in [7, 11) is -1.88. The summed E-state index contributed by atoms with van der Waals surface area (Å²) in [6, 6.07) is 9.85. The average molecular weight is 280 g/mol. The highest BCUT2D eigenvalue weighted by Gasteiger charge is 2.21. The maximum atomic E-state index is 12.2. The van der Waals surface area contributed by atoms with Crippen LogP contribution in [0.1, 0.15) is 11.6 Å². The van der Waals surface area contributed by atoms with Crippen LogP contribution in [0.5, 0.6) is 0 Å². The molecular weight excluding hydrogens is 264 g/mol. The number of sulfonamides is 1. The van der Waals surface area contributed by atoms with Crippen LogP contribution in [0.4, 0.5) is 0 Å². The molecule has 1 heterocycles. The van der Waals surface area contributed by atoms with E-state index < -0.39 is 16.1 Å². The number of aliphatic hydroxyl groups is 1. The molecule has 0 fully saturated rings. The smallest absolute Gasteiger partial charge is 0.242 e. The van der Waals surface area contributed by atoms with Gasteiger partial charge in [0.15, 0.2) is 0 Å². The molecule has 0 spiro atoms. The van der Waals surface area contributed by atoms with Gasteiger partial charge in [0.05, 0.1) is 17.5 Å². The fourth-order valence-corrected chi connectivity index (χ4v) is 3.05. The lowest BCUT2D eigenvalue weighted by atomic mass is 10.1. The molecule has 0 aliphatic rings. The van der Waals surface area contributed by atoms with Gasteiger partial charge in [-0.2, -0.15) is 0 Å². The third kappa shape index (κ3) is 3.23. The van der Waals surface area contributed by atoms with Crippen LogP contribution in [0.15, 0.2) is 53.7 Å². The lowest BCUT2D eigenvalue weighted by molar-refractivity contribution is 0.259. The zero-order chi connectivity index (χ0) is 13.9. The zero-order valence-electron chi connectivity index (χ0n) is 10.5. The van der Waals surface area contributed by atoms with Gasteiger partial charge in [-0.05, 0) is 11.6 Å². The Morgan fingerprint density at radius 1 is 1.26 bits per heavy atom. The summed E-state index contributed by atoms with van der Waals surface area (Å²) in [6.07, 6.45) is 3.17. The van der Waals surface area contributed by atoms with Crippen molar-refractivity contribution >= 4 is 10.0 Å². The topological polar surface area (TPSA) is 71.3 Å². The van der Waals surface area contributed by atoms with E-state index in [1.165, 1.54) is 12.3 Å². The molecule has 0 aliphatic carbocycles. The Hall–Kier alpha value is -1.63. The highest BCUT2D eigenvalue weighted by Crippen LogP contribution is 2.16. The van der Waals surface area contributed by atoms with Gasteiger partial charge < -0.3 is 9.67 Å². The van der Waals surface area contributed by atoms with Crippen molar-refractivity contribution in [2.24, 2.45) is 7.05 Å². The molecule has 0 saturated heterocycles. The summed E-state index contributed by atoms with van der Waals surface area (Å²) in [5, 5.41) is 9.36. The Labute approximate surface area is 112 Å². The third-order valence-corrected chi connectivity index (χ3v) is 4.25. The van der Waals surface area contributed by atoms with E-state index in [9.17, 15) is 13.5 Å². The Kier molecular flexibility index (Phi) is 4.04. The Morgan fingerprint density at radius 2 is 1.95 bits per heavy atom. The van der Waals surface area contributed by atoms with E-state index in [0.29, 0.717) is 0 Å². The van der Waals surface area contributed by atoms with Crippen LogP contribution in [0.25, 0.3) is 0 Å². The molecule has 6 heteroatoms. The second-order valence-electron chi connectivity index (χ2n) is 4.28. The van der Waals surface area contributed by atoms with Gasteiger partial charge in [-0.1, -0.05) is 30.3 Å². The van der Waals surface area contributed by atoms with Crippen molar-refractivity contribution < 1.29 is 13.5 Å². The number of aromatic nitrogens is 1. The fourth-order valence-electron chi connectivity index (χ4n) is 1.79. The molecule has 0 aliphatic heterocycles. The van der Waals surface area contributed by atoms with Gasteiger partial charge in [-0.15, -0.1) is 0 Å². The number of aryl methyl sites for hydroxylation is 1. The molecule has 1 aromatic carbocycles. The molecule has 1 unspecified atom stereocenters. The lowest BCUT2D eigenvalue weighted by Gasteiger charge is -2.16. The van der Waals surface area contributed by atoms with Crippen molar-refractivity contribution in [1.29, 1.82) is 0 Å². The van der Waals surface area contributed by atoms with Crippen molar-refractivity contribution in [3.8, 4) is 0 Å². The molecule has 1 aromatic heterocycles. The minimum absolute atomic E-state index is 0.185. The average Bonchev–Trinajstić information content (AvgIpc) is 2.85. The van der Waals surface area contributed by atoms with Crippen LogP contribution >= 0.6 is 0 Å². The van der Waals surface area contributed by atoms with Gasteiger partial charge in [0.25, 0.3) is 0 Å². The third-order valence-electron chi connectivity index (χ3n) is 2.80. The van der Waals surface area contributed by atoms with Gasteiger partial charge in [-0.25, -0.2) is 13.1 Å². The summed E-state index contributed by atoms with van der Waals surface area (Å²) in [6.45, 7) is -0.296. The summed E-state index contributed by atoms with van der Waals surface area (Å²) in [4.78, 5) is 0.185. The first-order valence-corrected chi connectivity index (χ1v) is 7.31. The van der Waals surface area contributed by atoms with E-state index in [1.807, 2.05) is 6.07 Å². The second-order valence-corrected chi connectivity index (χ2v) is 5.99.